The second kappa shape index (κ2) is 4.59. The summed E-state index contributed by atoms with van der Waals surface area (Å²) >= 11 is 0. The molecule has 1 atom stereocenters. The Bertz CT molecular complexity index is 267. The van der Waals surface area contributed by atoms with Gasteiger partial charge in [0.2, 0.25) is 10.0 Å². The van der Waals surface area contributed by atoms with Crippen LogP contribution >= 0.6 is 0 Å². The van der Waals surface area contributed by atoms with E-state index in [0.29, 0.717) is 13.0 Å². The maximum Gasteiger partial charge on any atom is 0.219 e. The molecule has 0 radical (unpaired) electrons. The number of hydrogen-bond donors (Lipinski definition) is 1. The van der Waals surface area contributed by atoms with E-state index in [1.165, 1.54) is 4.31 Å². The standard InChI is InChI=1S/C9H22N2O2S/c1-8(6-7-10)11(5)14(12,13)9(2,3)4/h8H,6-7,10H2,1-5H3. The molecule has 0 aromatic rings. The monoisotopic (exact) mass is 222 g/mol. The predicted octanol–water partition coefficient (Wildman–Crippen LogP) is 0.784. The molecular formula is C9H22N2O2S. The molecule has 0 aromatic carbocycles. The second-order valence-electron chi connectivity index (χ2n) is 4.56. The molecule has 2 N–H and O–H groups in total. The van der Waals surface area contributed by atoms with Gasteiger partial charge in [0.25, 0.3) is 0 Å². The molecule has 0 amide bonds. The van der Waals surface area contributed by atoms with Crippen LogP contribution in [-0.4, -0.2) is 37.1 Å². The minimum atomic E-state index is -3.22. The highest BCUT2D eigenvalue weighted by Crippen LogP contribution is 2.21. The van der Waals surface area contributed by atoms with Crippen LogP contribution in [0, 0.1) is 0 Å². The Hall–Kier alpha value is -0.130. The van der Waals surface area contributed by atoms with Gasteiger partial charge in [0.15, 0.2) is 0 Å². The molecule has 0 aliphatic carbocycles. The summed E-state index contributed by atoms with van der Waals surface area (Å²) in [7, 11) is -1.61. The smallest absolute Gasteiger partial charge is 0.219 e. The van der Waals surface area contributed by atoms with Crippen molar-refractivity contribution in [3.05, 3.63) is 0 Å². The van der Waals surface area contributed by atoms with Crippen molar-refractivity contribution >= 4 is 10.0 Å². The highest BCUT2D eigenvalue weighted by atomic mass is 32.2. The molecule has 0 aromatic heterocycles. The SMILES string of the molecule is CC(CCN)N(C)S(=O)(=O)C(C)(C)C. The molecule has 0 saturated heterocycles. The van der Waals surface area contributed by atoms with Crippen molar-refractivity contribution in [3.63, 3.8) is 0 Å². The van der Waals surface area contributed by atoms with Gasteiger partial charge in [-0.3, -0.25) is 0 Å². The molecule has 0 heterocycles. The first-order valence-corrected chi connectivity index (χ1v) is 6.26. The van der Waals surface area contributed by atoms with Crippen molar-refractivity contribution < 1.29 is 8.42 Å². The summed E-state index contributed by atoms with van der Waals surface area (Å²) in [6, 6.07) is -0.0378. The van der Waals surface area contributed by atoms with Crippen molar-refractivity contribution in [3.8, 4) is 0 Å². The minimum absolute atomic E-state index is 0.0378. The summed E-state index contributed by atoms with van der Waals surface area (Å²) in [6.45, 7) is 7.48. The van der Waals surface area contributed by atoms with Crippen LogP contribution in [0.4, 0.5) is 0 Å². The summed E-state index contributed by atoms with van der Waals surface area (Å²) in [6.07, 6.45) is 0.686. The number of nitrogens with zero attached hydrogens (tertiary/aromatic N) is 1. The Morgan fingerprint density at radius 2 is 1.79 bits per heavy atom. The van der Waals surface area contributed by atoms with E-state index in [9.17, 15) is 8.42 Å². The number of sulfonamides is 1. The van der Waals surface area contributed by atoms with Gasteiger partial charge in [-0.05, 0) is 40.7 Å². The lowest BCUT2D eigenvalue weighted by atomic mass is 10.2. The summed E-state index contributed by atoms with van der Waals surface area (Å²) in [5.74, 6) is 0. The summed E-state index contributed by atoms with van der Waals surface area (Å²) in [5.41, 5.74) is 5.40. The van der Waals surface area contributed by atoms with Crippen LogP contribution in [0.5, 0.6) is 0 Å². The molecule has 0 fully saturated rings. The Labute approximate surface area is 87.5 Å². The third kappa shape index (κ3) is 2.93. The van der Waals surface area contributed by atoms with Crippen LogP contribution in [0.15, 0.2) is 0 Å². The van der Waals surface area contributed by atoms with Gasteiger partial charge in [-0.1, -0.05) is 0 Å². The molecule has 86 valence electrons. The molecule has 0 saturated carbocycles. The van der Waals surface area contributed by atoms with Gasteiger partial charge in [0, 0.05) is 13.1 Å². The third-order valence-corrected chi connectivity index (χ3v) is 5.02. The van der Waals surface area contributed by atoms with E-state index < -0.39 is 14.8 Å². The molecule has 5 heteroatoms. The lowest BCUT2D eigenvalue weighted by Gasteiger charge is -2.31. The quantitative estimate of drug-likeness (QED) is 0.764. The van der Waals surface area contributed by atoms with Gasteiger partial charge in [0.1, 0.15) is 0 Å². The molecular weight excluding hydrogens is 200 g/mol. The van der Waals surface area contributed by atoms with E-state index in [1.54, 1.807) is 27.8 Å². The van der Waals surface area contributed by atoms with E-state index in [2.05, 4.69) is 0 Å². The predicted molar refractivity (Wildman–Crippen MR) is 59.6 cm³/mol. The van der Waals surface area contributed by atoms with Crippen LogP contribution in [0.2, 0.25) is 0 Å². The lowest BCUT2D eigenvalue weighted by Crippen LogP contribution is -2.45. The largest absolute Gasteiger partial charge is 0.330 e. The van der Waals surface area contributed by atoms with Crippen molar-refractivity contribution in [1.29, 1.82) is 0 Å². The minimum Gasteiger partial charge on any atom is -0.330 e. The van der Waals surface area contributed by atoms with Gasteiger partial charge < -0.3 is 5.73 Å². The summed E-state index contributed by atoms with van der Waals surface area (Å²) in [5, 5.41) is 0. The molecule has 0 aliphatic heterocycles. The van der Waals surface area contributed by atoms with Crippen molar-refractivity contribution in [2.75, 3.05) is 13.6 Å². The first-order chi connectivity index (χ1) is 6.14. The summed E-state index contributed by atoms with van der Waals surface area (Å²) in [4.78, 5) is 0. The molecule has 0 bridgehead atoms. The normalized spacial score (nSPS) is 15.9. The number of rotatable bonds is 4. The highest BCUT2D eigenvalue weighted by Gasteiger charge is 2.34. The molecule has 14 heavy (non-hydrogen) atoms. The zero-order valence-corrected chi connectivity index (χ0v) is 10.6. The Balaban J connectivity index is 4.77. The maximum absolute atomic E-state index is 12.0. The van der Waals surface area contributed by atoms with E-state index in [0.717, 1.165) is 0 Å². The van der Waals surface area contributed by atoms with Gasteiger partial charge >= 0.3 is 0 Å². The van der Waals surface area contributed by atoms with Crippen LogP contribution in [0.3, 0.4) is 0 Å². The third-order valence-electron chi connectivity index (χ3n) is 2.36. The van der Waals surface area contributed by atoms with Crippen LogP contribution in [-0.2, 0) is 10.0 Å². The van der Waals surface area contributed by atoms with Crippen LogP contribution in [0.25, 0.3) is 0 Å². The van der Waals surface area contributed by atoms with Gasteiger partial charge in [-0.15, -0.1) is 0 Å². The van der Waals surface area contributed by atoms with E-state index >= 15 is 0 Å². The average molecular weight is 222 g/mol. The average Bonchev–Trinajstić information content (AvgIpc) is 2.01. The van der Waals surface area contributed by atoms with Crippen molar-refractivity contribution in [2.45, 2.75) is 44.9 Å². The van der Waals surface area contributed by atoms with E-state index in [-0.39, 0.29) is 6.04 Å². The zero-order chi connectivity index (χ0) is 11.6. The second-order valence-corrected chi connectivity index (χ2v) is 7.31. The molecule has 1 unspecified atom stereocenters. The van der Waals surface area contributed by atoms with Gasteiger partial charge in [-0.25, -0.2) is 12.7 Å². The first kappa shape index (κ1) is 13.9. The Morgan fingerprint density at radius 1 is 1.36 bits per heavy atom. The topological polar surface area (TPSA) is 63.4 Å². The van der Waals surface area contributed by atoms with Crippen LogP contribution < -0.4 is 5.73 Å². The van der Waals surface area contributed by atoms with Crippen molar-refractivity contribution in [1.82, 2.24) is 4.31 Å². The first-order valence-electron chi connectivity index (χ1n) is 4.82. The fourth-order valence-electron chi connectivity index (χ4n) is 1.09. The van der Waals surface area contributed by atoms with Gasteiger partial charge in [0.05, 0.1) is 4.75 Å². The maximum atomic E-state index is 12.0. The van der Waals surface area contributed by atoms with Crippen molar-refractivity contribution in [2.24, 2.45) is 5.73 Å². The Morgan fingerprint density at radius 3 is 2.07 bits per heavy atom. The van der Waals surface area contributed by atoms with E-state index in [4.69, 9.17) is 5.73 Å². The van der Waals surface area contributed by atoms with Crippen LogP contribution in [0.1, 0.15) is 34.1 Å². The number of hydrogen-bond acceptors (Lipinski definition) is 3. The molecule has 4 nitrogen and oxygen atoms in total. The highest BCUT2D eigenvalue weighted by molar-refractivity contribution is 7.90. The fourth-order valence-corrected chi connectivity index (χ4v) is 2.54. The summed E-state index contributed by atoms with van der Waals surface area (Å²) < 4.78 is 24.6. The molecule has 0 aliphatic rings. The lowest BCUT2D eigenvalue weighted by molar-refractivity contribution is 0.362. The van der Waals surface area contributed by atoms with E-state index in [1.807, 2.05) is 6.92 Å². The zero-order valence-electron chi connectivity index (χ0n) is 9.74. The Kier molecular flexibility index (Phi) is 4.55. The number of nitrogens with two attached hydrogens (primary N) is 1. The van der Waals surface area contributed by atoms with Gasteiger partial charge in [-0.2, -0.15) is 0 Å². The fraction of sp³-hybridized carbons (Fsp3) is 1.00. The molecule has 0 rings (SSSR count). The molecule has 0 spiro atoms.